The quantitative estimate of drug-likeness (QED) is 0.694. The van der Waals surface area contributed by atoms with Gasteiger partial charge in [-0.25, -0.2) is 4.79 Å². The molecule has 2 aromatic rings. The molecule has 148 valence electrons. The minimum Gasteiger partial charge on any atom is -0.319 e. The second-order valence-corrected chi connectivity index (χ2v) is 8.03. The van der Waals surface area contributed by atoms with E-state index in [4.69, 9.17) is 0 Å². The Bertz CT molecular complexity index is 895. The number of nitrogens with one attached hydrogen (secondary N) is 2. The van der Waals surface area contributed by atoms with Crippen LogP contribution < -0.4 is 10.6 Å². The third kappa shape index (κ3) is 4.04. The standard InChI is InChI=1S/C19H23N5O3S/c1-4-5-6-15-22-23-17(28-15)20-14(25)11-24-16(26)19(3,21-18(24)27)13-9-7-12(2)8-10-13/h7-10H,4-6,11H2,1-3H3,(H,21,27)(H,20,23,25)/t19-/m1/s1. The van der Waals surface area contributed by atoms with Crippen molar-refractivity contribution in [3.05, 3.63) is 40.4 Å². The number of carbonyl (C=O) groups is 3. The zero-order valence-corrected chi connectivity index (χ0v) is 16.9. The molecule has 0 radical (unpaired) electrons. The lowest BCUT2D eigenvalue weighted by Crippen LogP contribution is -2.42. The predicted octanol–water partition coefficient (Wildman–Crippen LogP) is 2.59. The molecule has 28 heavy (non-hydrogen) atoms. The minimum atomic E-state index is -1.19. The highest BCUT2D eigenvalue weighted by Crippen LogP contribution is 2.29. The number of amides is 4. The number of hydrogen-bond acceptors (Lipinski definition) is 6. The van der Waals surface area contributed by atoms with Crippen LogP contribution >= 0.6 is 11.3 Å². The molecule has 0 aliphatic carbocycles. The highest BCUT2D eigenvalue weighted by Gasteiger charge is 2.49. The van der Waals surface area contributed by atoms with Gasteiger partial charge >= 0.3 is 6.03 Å². The van der Waals surface area contributed by atoms with Gasteiger partial charge < -0.3 is 5.32 Å². The van der Waals surface area contributed by atoms with Crippen molar-refractivity contribution in [3.8, 4) is 0 Å². The number of carbonyl (C=O) groups excluding carboxylic acids is 3. The Balaban J connectivity index is 1.66. The molecule has 0 saturated carbocycles. The summed E-state index contributed by atoms with van der Waals surface area (Å²) in [4.78, 5) is 38.5. The summed E-state index contributed by atoms with van der Waals surface area (Å²) in [7, 11) is 0. The average Bonchev–Trinajstić information content (AvgIpc) is 3.19. The van der Waals surface area contributed by atoms with Crippen molar-refractivity contribution >= 4 is 34.3 Å². The van der Waals surface area contributed by atoms with Crippen molar-refractivity contribution in [1.82, 2.24) is 20.4 Å². The molecule has 3 rings (SSSR count). The Labute approximate surface area is 167 Å². The van der Waals surface area contributed by atoms with Crippen LogP contribution in [0.1, 0.15) is 42.8 Å². The fourth-order valence-corrected chi connectivity index (χ4v) is 3.76. The third-order valence-electron chi connectivity index (χ3n) is 4.66. The van der Waals surface area contributed by atoms with E-state index in [0.29, 0.717) is 10.7 Å². The van der Waals surface area contributed by atoms with Crippen molar-refractivity contribution in [2.24, 2.45) is 0 Å². The summed E-state index contributed by atoms with van der Waals surface area (Å²) < 4.78 is 0. The summed E-state index contributed by atoms with van der Waals surface area (Å²) in [5.74, 6) is -0.952. The first-order valence-electron chi connectivity index (χ1n) is 9.17. The molecule has 9 heteroatoms. The Morgan fingerprint density at radius 3 is 2.64 bits per heavy atom. The van der Waals surface area contributed by atoms with Gasteiger partial charge in [-0.05, 0) is 25.8 Å². The fraction of sp³-hybridized carbons (Fsp3) is 0.421. The van der Waals surface area contributed by atoms with Crippen molar-refractivity contribution < 1.29 is 14.4 Å². The zero-order valence-electron chi connectivity index (χ0n) is 16.1. The van der Waals surface area contributed by atoms with Crippen molar-refractivity contribution in [2.75, 3.05) is 11.9 Å². The van der Waals surface area contributed by atoms with Crippen LogP contribution in [0.3, 0.4) is 0 Å². The molecule has 2 heterocycles. The molecular weight excluding hydrogens is 378 g/mol. The number of rotatable bonds is 7. The molecule has 1 aromatic heterocycles. The molecular formula is C19H23N5O3S. The normalized spacial score (nSPS) is 19.0. The van der Waals surface area contributed by atoms with E-state index in [2.05, 4.69) is 27.8 Å². The van der Waals surface area contributed by atoms with Gasteiger partial charge in [0.2, 0.25) is 11.0 Å². The lowest BCUT2D eigenvalue weighted by atomic mass is 9.91. The summed E-state index contributed by atoms with van der Waals surface area (Å²) in [5, 5.41) is 14.5. The third-order valence-corrected chi connectivity index (χ3v) is 5.56. The van der Waals surface area contributed by atoms with E-state index < -0.39 is 23.4 Å². The molecule has 0 bridgehead atoms. The number of hydrogen-bond donors (Lipinski definition) is 2. The van der Waals surface area contributed by atoms with E-state index in [1.54, 1.807) is 19.1 Å². The molecule has 1 aliphatic heterocycles. The molecule has 8 nitrogen and oxygen atoms in total. The maximum Gasteiger partial charge on any atom is 0.325 e. The van der Waals surface area contributed by atoms with E-state index >= 15 is 0 Å². The van der Waals surface area contributed by atoms with Crippen LogP contribution in [0.25, 0.3) is 0 Å². The van der Waals surface area contributed by atoms with E-state index in [9.17, 15) is 14.4 Å². The number of urea groups is 1. The van der Waals surface area contributed by atoms with E-state index in [1.807, 2.05) is 19.1 Å². The van der Waals surface area contributed by atoms with Crippen LogP contribution in [-0.4, -0.2) is 39.5 Å². The summed E-state index contributed by atoms with van der Waals surface area (Å²) in [6.07, 6.45) is 2.86. The number of anilines is 1. The van der Waals surface area contributed by atoms with Crippen LogP contribution in [0.5, 0.6) is 0 Å². The highest BCUT2D eigenvalue weighted by atomic mass is 32.1. The van der Waals surface area contributed by atoms with Gasteiger partial charge in [-0.3, -0.25) is 19.8 Å². The minimum absolute atomic E-state index is 0.365. The van der Waals surface area contributed by atoms with Gasteiger partial charge in [-0.1, -0.05) is 54.5 Å². The number of nitrogens with zero attached hydrogens (tertiary/aromatic N) is 3. The molecule has 1 saturated heterocycles. The first-order valence-corrected chi connectivity index (χ1v) is 9.98. The Morgan fingerprint density at radius 2 is 1.96 bits per heavy atom. The van der Waals surface area contributed by atoms with Crippen LogP contribution in [0.2, 0.25) is 0 Å². The van der Waals surface area contributed by atoms with E-state index in [0.717, 1.165) is 34.7 Å². The lowest BCUT2D eigenvalue weighted by molar-refractivity contribution is -0.133. The van der Waals surface area contributed by atoms with Crippen LogP contribution in [-0.2, 0) is 21.5 Å². The Hall–Kier alpha value is -2.81. The summed E-state index contributed by atoms with van der Waals surface area (Å²) in [5.41, 5.74) is 0.529. The van der Waals surface area contributed by atoms with Gasteiger partial charge in [-0.2, -0.15) is 0 Å². The first-order chi connectivity index (χ1) is 13.3. The summed E-state index contributed by atoms with van der Waals surface area (Å²) in [6, 6.07) is 6.76. The number of benzene rings is 1. The van der Waals surface area contributed by atoms with Gasteiger partial charge in [0.25, 0.3) is 5.91 Å². The Morgan fingerprint density at radius 1 is 1.25 bits per heavy atom. The van der Waals surface area contributed by atoms with Gasteiger partial charge in [0.05, 0.1) is 0 Å². The van der Waals surface area contributed by atoms with Gasteiger partial charge in [-0.15, -0.1) is 10.2 Å². The smallest absolute Gasteiger partial charge is 0.319 e. The first kappa shape index (κ1) is 19.9. The molecule has 0 unspecified atom stereocenters. The number of imide groups is 1. The largest absolute Gasteiger partial charge is 0.325 e. The predicted molar refractivity (Wildman–Crippen MR) is 106 cm³/mol. The molecule has 1 atom stereocenters. The maximum atomic E-state index is 12.9. The van der Waals surface area contributed by atoms with Gasteiger partial charge in [0.1, 0.15) is 17.1 Å². The van der Waals surface area contributed by atoms with Gasteiger partial charge in [0, 0.05) is 6.42 Å². The summed E-state index contributed by atoms with van der Waals surface area (Å²) >= 11 is 1.30. The van der Waals surface area contributed by atoms with Crippen molar-refractivity contribution in [1.29, 1.82) is 0 Å². The van der Waals surface area contributed by atoms with E-state index in [1.165, 1.54) is 11.3 Å². The van der Waals surface area contributed by atoms with Crippen LogP contribution in [0.15, 0.2) is 24.3 Å². The molecule has 1 aromatic carbocycles. The number of aromatic nitrogens is 2. The summed E-state index contributed by atoms with van der Waals surface area (Å²) in [6.45, 7) is 5.29. The maximum absolute atomic E-state index is 12.9. The molecule has 2 N–H and O–H groups in total. The average molecular weight is 401 g/mol. The van der Waals surface area contributed by atoms with E-state index in [-0.39, 0.29) is 6.54 Å². The highest BCUT2D eigenvalue weighted by molar-refractivity contribution is 7.15. The lowest BCUT2D eigenvalue weighted by Gasteiger charge is -2.22. The van der Waals surface area contributed by atoms with Crippen LogP contribution in [0, 0.1) is 6.92 Å². The zero-order chi connectivity index (χ0) is 20.3. The van der Waals surface area contributed by atoms with Crippen molar-refractivity contribution in [2.45, 2.75) is 45.6 Å². The second-order valence-electron chi connectivity index (χ2n) is 6.97. The second kappa shape index (κ2) is 8.05. The number of aryl methyl sites for hydroxylation is 2. The SMILES string of the molecule is CCCCc1nnc(NC(=O)CN2C(=O)N[C@](C)(c3ccc(C)cc3)C2=O)s1. The molecule has 0 spiro atoms. The topological polar surface area (TPSA) is 104 Å². The molecule has 4 amide bonds. The van der Waals surface area contributed by atoms with Crippen molar-refractivity contribution in [3.63, 3.8) is 0 Å². The fourth-order valence-electron chi connectivity index (χ4n) is 2.96. The molecule has 1 fully saturated rings. The Kier molecular flexibility index (Phi) is 5.73. The monoisotopic (exact) mass is 401 g/mol. The van der Waals surface area contributed by atoms with Gasteiger partial charge in [0.15, 0.2) is 0 Å². The number of unbranched alkanes of at least 4 members (excludes halogenated alkanes) is 1. The van der Waals surface area contributed by atoms with Crippen LogP contribution in [0.4, 0.5) is 9.93 Å². The molecule has 1 aliphatic rings.